The van der Waals surface area contributed by atoms with Crippen molar-refractivity contribution < 1.29 is 0 Å². The van der Waals surface area contributed by atoms with Crippen molar-refractivity contribution in [2.45, 2.75) is 31.0 Å². The minimum atomic E-state index is -0.0717. The summed E-state index contributed by atoms with van der Waals surface area (Å²) >= 11 is 0. The van der Waals surface area contributed by atoms with E-state index in [1.807, 2.05) is 0 Å². The molecule has 3 rings (SSSR count). The molecule has 2 fully saturated rings. The van der Waals surface area contributed by atoms with E-state index in [0.717, 1.165) is 13.0 Å². The molecule has 3 nitrogen and oxygen atoms in total. The number of benzene rings is 1. The molecule has 0 radical (unpaired) electrons. The quantitative estimate of drug-likeness (QED) is 0.859. The molecular formula is C15H23N3. The molecule has 98 valence electrons. The third-order valence-electron chi connectivity index (χ3n) is 4.66. The fourth-order valence-electron chi connectivity index (χ4n) is 3.82. The van der Waals surface area contributed by atoms with Gasteiger partial charge in [0, 0.05) is 25.7 Å². The van der Waals surface area contributed by atoms with Gasteiger partial charge in [0.2, 0.25) is 0 Å². The third-order valence-corrected chi connectivity index (χ3v) is 4.66. The average molecular weight is 245 g/mol. The second-order valence-electron chi connectivity index (χ2n) is 5.60. The van der Waals surface area contributed by atoms with Gasteiger partial charge in [-0.25, -0.2) is 0 Å². The standard InChI is InChI=1S/C15H23N3/c1-17-12-9-14(16)15(17,18-10-5-6-11-18)13-7-3-2-4-8-13/h2-4,7-8,14H,5-6,9-12,16H2,1H3. The zero-order chi connectivity index (χ0) is 12.6. The van der Waals surface area contributed by atoms with E-state index >= 15 is 0 Å². The van der Waals surface area contributed by atoms with E-state index in [1.165, 1.54) is 31.5 Å². The molecule has 2 heterocycles. The summed E-state index contributed by atoms with van der Waals surface area (Å²) in [5, 5.41) is 0. The van der Waals surface area contributed by atoms with Crippen LogP contribution < -0.4 is 5.73 Å². The molecule has 0 saturated carbocycles. The summed E-state index contributed by atoms with van der Waals surface area (Å²) in [5.74, 6) is 0. The smallest absolute Gasteiger partial charge is 0.115 e. The monoisotopic (exact) mass is 245 g/mol. The molecule has 2 aliphatic heterocycles. The van der Waals surface area contributed by atoms with Gasteiger partial charge < -0.3 is 5.73 Å². The van der Waals surface area contributed by atoms with Crippen LogP contribution >= 0.6 is 0 Å². The van der Waals surface area contributed by atoms with Crippen LogP contribution in [-0.4, -0.2) is 42.5 Å². The van der Waals surface area contributed by atoms with Crippen molar-refractivity contribution >= 4 is 0 Å². The van der Waals surface area contributed by atoms with Crippen molar-refractivity contribution in [2.24, 2.45) is 5.73 Å². The molecular weight excluding hydrogens is 222 g/mol. The molecule has 0 bridgehead atoms. The number of nitrogens with zero attached hydrogens (tertiary/aromatic N) is 2. The highest BCUT2D eigenvalue weighted by molar-refractivity contribution is 5.28. The summed E-state index contributed by atoms with van der Waals surface area (Å²) in [5.41, 5.74) is 7.82. The highest BCUT2D eigenvalue weighted by Gasteiger charge is 2.51. The molecule has 2 saturated heterocycles. The SMILES string of the molecule is CN1CCC(N)C1(c1ccccc1)N1CCCC1. The molecule has 2 atom stereocenters. The maximum atomic E-state index is 6.53. The van der Waals surface area contributed by atoms with Crippen LogP contribution in [0.3, 0.4) is 0 Å². The topological polar surface area (TPSA) is 32.5 Å². The van der Waals surface area contributed by atoms with Gasteiger partial charge in [-0.15, -0.1) is 0 Å². The van der Waals surface area contributed by atoms with E-state index in [9.17, 15) is 0 Å². The summed E-state index contributed by atoms with van der Waals surface area (Å²) in [6.07, 6.45) is 3.69. The maximum Gasteiger partial charge on any atom is 0.115 e. The van der Waals surface area contributed by atoms with Crippen molar-refractivity contribution in [1.29, 1.82) is 0 Å². The first-order chi connectivity index (χ1) is 8.76. The van der Waals surface area contributed by atoms with Crippen molar-refractivity contribution in [1.82, 2.24) is 9.80 Å². The molecule has 0 aliphatic carbocycles. The van der Waals surface area contributed by atoms with E-state index in [1.54, 1.807) is 0 Å². The Balaban J connectivity index is 2.08. The summed E-state index contributed by atoms with van der Waals surface area (Å²) in [6, 6.07) is 11.0. The van der Waals surface area contributed by atoms with Crippen LogP contribution in [0.4, 0.5) is 0 Å². The summed E-state index contributed by atoms with van der Waals surface area (Å²) in [4.78, 5) is 5.05. The van der Waals surface area contributed by atoms with Gasteiger partial charge in [0.1, 0.15) is 5.66 Å². The van der Waals surface area contributed by atoms with Gasteiger partial charge in [-0.1, -0.05) is 30.3 Å². The molecule has 1 aromatic rings. The second-order valence-corrected chi connectivity index (χ2v) is 5.60. The number of likely N-dealkylation sites (tertiary alicyclic amines) is 2. The van der Waals surface area contributed by atoms with Gasteiger partial charge in [-0.3, -0.25) is 9.80 Å². The van der Waals surface area contributed by atoms with Crippen LogP contribution in [0.15, 0.2) is 30.3 Å². The zero-order valence-corrected chi connectivity index (χ0v) is 11.2. The number of hydrogen-bond donors (Lipinski definition) is 1. The van der Waals surface area contributed by atoms with Gasteiger partial charge in [-0.2, -0.15) is 0 Å². The third kappa shape index (κ3) is 1.62. The molecule has 2 unspecified atom stereocenters. The Morgan fingerprint density at radius 1 is 1.11 bits per heavy atom. The minimum Gasteiger partial charge on any atom is -0.325 e. The lowest BCUT2D eigenvalue weighted by Crippen LogP contribution is -2.60. The minimum absolute atomic E-state index is 0.0717. The summed E-state index contributed by atoms with van der Waals surface area (Å²) in [7, 11) is 2.22. The van der Waals surface area contributed by atoms with E-state index in [0.29, 0.717) is 0 Å². The van der Waals surface area contributed by atoms with E-state index < -0.39 is 0 Å². The number of nitrogens with two attached hydrogens (primary N) is 1. The lowest BCUT2D eigenvalue weighted by atomic mass is 9.91. The highest BCUT2D eigenvalue weighted by atomic mass is 15.4. The second kappa shape index (κ2) is 4.65. The zero-order valence-electron chi connectivity index (χ0n) is 11.2. The fourth-order valence-corrected chi connectivity index (χ4v) is 3.82. The van der Waals surface area contributed by atoms with Gasteiger partial charge in [-0.05, 0) is 31.9 Å². The Bertz CT molecular complexity index is 387. The number of likely N-dealkylation sites (N-methyl/N-ethyl adjacent to an activating group) is 1. The van der Waals surface area contributed by atoms with Crippen LogP contribution in [0.25, 0.3) is 0 Å². The fraction of sp³-hybridized carbons (Fsp3) is 0.600. The summed E-state index contributed by atoms with van der Waals surface area (Å²) < 4.78 is 0. The van der Waals surface area contributed by atoms with E-state index in [4.69, 9.17) is 5.73 Å². The van der Waals surface area contributed by atoms with Crippen molar-refractivity contribution in [3.05, 3.63) is 35.9 Å². The Labute approximate surface area is 110 Å². The molecule has 18 heavy (non-hydrogen) atoms. The predicted molar refractivity (Wildman–Crippen MR) is 74.1 cm³/mol. The van der Waals surface area contributed by atoms with Gasteiger partial charge in [0.25, 0.3) is 0 Å². The van der Waals surface area contributed by atoms with Gasteiger partial charge in [0.05, 0.1) is 0 Å². The largest absolute Gasteiger partial charge is 0.325 e. The molecule has 3 heteroatoms. The highest BCUT2D eigenvalue weighted by Crippen LogP contribution is 2.41. The molecule has 2 aliphatic rings. The molecule has 2 N–H and O–H groups in total. The van der Waals surface area contributed by atoms with Crippen molar-refractivity contribution in [3.8, 4) is 0 Å². The van der Waals surface area contributed by atoms with Crippen LogP contribution in [0, 0.1) is 0 Å². The summed E-state index contributed by atoms with van der Waals surface area (Å²) in [6.45, 7) is 3.44. The van der Waals surface area contributed by atoms with Crippen LogP contribution in [0.1, 0.15) is 24.8 Å². The number of rotatable bonds is 2. The Morgan fingerprint density at radius 3 is 2.33 bits per heavy atom. The van der Waals surface area contributed by atoms with Gasteiger partial charge in [0.15, 0.2) is 0 Å². The lowest BCUT2D eigenvalue weighted by Gasteiger charge is -2.47. The first kappa shape index (κ1) is 12.2. The Kier molecular flexibility index (Phi) is 3.14. The lowest BCUT2D eigenvalue weighted by molar-refractivity contribution is -0.0167. The van der Waals surface area contributed by atoms with E-state index in [2.05, 4.69) is 47.2 Å². The first-order valence-electron chi connectivity index (χ1n) is 7.03. The molecule has 0 aromatic heterocycles. The normalized spacial score (nSPS) is 34.2. The first-order valence-corrected chi connectivity index (χ1v) is 7.03. The Hall–Kier alpha value is -0.900. The van der Waals surface area contributed by atoms with Crippen LogP contribution in [0.2, 0.25) is 0 Å². The predicted octanol–water partition coefficient (Wildman–Crippen LogP) is 1.60. The average Bonchev–Trinajstić information content (AvgIpc) is 3.01. The van der Waals surface area contributed by atoms with Crippen molar-refractivity contribution in [3.63, 3.8) is 0 Å². The van der Waals surface area contributed by atoms with E-state index in [-0.39, 0.29) is 11.7 Å². The van der Waals surface area contributed by atoms with Crippen LogP contribution in [-0.2, 0) is 5.66 Å². The molecule has 0 spiro atoms. The maximum absolute atomic E-state index is 6.53. The number of hydrogen-bond acceptors (Lipinski definition) is 3. The molecule has 1 aromatic carbocycles. The molecule has 0 amide bonds. The van der Waals surface area contributed by atoms with Crippen molar-refractivity contribution in [2.75, 3.05) is 26.7 Å². The Morgan fingerprint density at radius 2 is 1.78 bits per heavy atom. The van der Waals surface area contributed by atoms with Crippen LogP contribution in [0.5, 0.6) is 0 Å². The van der Waals surface area contributed by atoms with Gasteiger partial charge >= 0.3 is 0 Å².